The number of hydrogen-bond donors (Lipinski definition) is 2. The second-order valence-electron chi connectivity index (χ2n) is 8.54. The summed E-state index contributed by atoms with van der Waals surface area (Å²) in [5, 5.41) is 20.1. The standard InChI is InChI=1S/C24H23N9O3S/c1-16-12-18(14-27-23(16)32-10-3-2-4-11-32)24(34)29-20-13-17(19(15-26-20)37(25,35)36)7-8-22-31-30-21-6-5-9-28-33(21)22/h5-6,9,12-15H,2-4,10-11H2,1H3,(H2,25,35,36)(H,26,29,34). The number of hydrogen-bond acceptors (Lipinski definition) is 9. The van der Waals surface area contributed by atoms with Crippen molar-refractivity contribution in [1.82, 2.24) is 29.8 Å². The smallest absolute Gasteiger partial charge is 0.258 e. The van der Waals surface area contributed by atoms with Crippen LogP contribution in [0.1, 0.15) is 46.6 Å². The van der Waals surface area contributed by atoms with Crippen LogP contribution in [0.15, 0.2) is 47.8 Å². The van der Waals surface area contributed by atoms with E-state index < -0.39 is 15.9 Å². The lowest BCUT2D eigenvalue weighted by atomic mass is 10.1. The number of fused-ring (bicyclic) bond motifs is 1. The highest BCUT2D eigenvalue weighted by atomic mass is 32.2. The fourth-order valence-electron chi connectivity index (χ4n) is 4.10. The number of aromatic nitrogens is 6. The first kappa shape index (κ1) is 24.3. The number of amides is 1. The molecule has 188 valence electrons. The average molecular weight is 518 g/mol. The van der Waals surface area contributed by atoms with E-state index in [0.717, 1.165) is 43.5 Å². The van der Waals surface area contributed by atoms with E-state index in [1.807, 2.05) is 6.92 Å². The van der Waals surface area contributed by atoms with Gasteiger partial charge in [-0.25, -0.2) is 23.5 Å². The van der Waals surface area contributed by atoms with Crippen LogP contribution in [0.3, 0.4) is 0 Å². The summed E-state index contributed by atoms with van der Waals surface area (Å²) in [5.41, 5.74) is 1.77. The van der Waals surface area contributed by atoms with Crippen LogP contribution in [0.25, 0.3) is 5.65 Å². The van der Waals surface area contributed by atoms with Crippen molar-refractivity contribution in [1.29, 1.82) is 0 Å². The summed E-state index contributed by atoms with van der Waals surface area (Å²) < 4.78 is 25.6. The molecular formula is C24H23N9O3S. The Bertz CT molecular complexity index is 1670. The highest BCUT2D eigenvalue weighted by molar-refractivity contribution is 7.89. The van der Waals surface area contributed by atoms with Crippen molar-refractivity contribution in [2.75, 3.05) is 23.3 Å². The predicted molar refractivity (Wildman–Crippen MR) is 135 cm³/mol. The van der Waals surface area contributed by atoms with Crippen molar-refractivity contribution in [2.24, 2.45) is 5.14 Å². The predicted octanol–water partition coefficient (Wildman–Crippen LogP) is 1.51. The maximum absolute atomic E-state index is 12.9. The second-order valence-corrected chi connectivity index (χ2v) is 10.1. The number of carbonyl (C=O) groups excluding carboxylic acids is 1. The molecule has 0 aliphatic carbocycles. The molecule has 1 fully saturated rings. The molecule has 13 heteroatoms. The summed E-state index contributed by atoms with van der Waals surface area (Å²) in [6.45, 7) is 3.82. The molecule has 37 heavy (non-hydrogen) atoms. The number of anilines is 2. The number of primary sulfonamides is 1. The Morgan fingerprint density at radius 2 is 1.89 bits per heavy atom. The molecule has 5 heterocycles. The van der Waals surface area contributed by atoms with E-state index in [0.29, 0.717) is 11.2 Å². The molecule has 1 amide bonds. The molecule has 5 rings (SSSR count). The zero-order valence-corrected chi connectivity index (χ0v) is 20.7. The molecule has 1 aliphatic heterocycles. The van der Waals surface area contributed by atoms with E-state index >= 15 is 0 Å². The van der Waals surface area contributed by atoms with Gasteiger partial charge in [-0.15, -0.1) is 10.2 Å². The molecule has 1 saturated heterocycles. The van der Waals surface area contributed by atoms with E-state index in [9.17, 15) is 13.2 Å². The minimum absolute atomic E-state index is 0.0373. The molecule has 1 aliphatic rings. The minimum atomic E-state index is -4.14. The lowest BCUT2D eigenvalue weighted by Gasteiger charge is -2.29. The maximum Gasteiger partial charge on any atom is 0.258 e. The van der Waals surface area contributed by atoms with Crippen LogP contribution in [-0.2, 0) is 10.0 Å². The van der Waals surface area contributed by atoms with Crippen molar-refractivity contribution < 1.29 is 13.2 Å². The van der Waals surface area contributed by atoms with Gasteiger partial charge < -0.3 is 10.2 Å². The largest absolute Gasteiger partial charge is 0.356 e. The van der Waals surface area contributed by atoms with Crippen molar-refractivity contribution in [3.63, 3.8) is 0 Å². The average Bonchev–Trinajstić information content (AvgIpc) is 3.30. The number of pyridine rings is 2. The van der Waals surface area contributed by atoms with Gasteiger partial charge >= 0.3 is 0 Å². The van der Waals surface area contributed by atoms with E-state index in [1.54, 1.807) is 24.4 Å². The van der Waals surface area contributed by atoms with Crippen molar-refractivity contribution >= 4 is 33.2 Å². The van der Waals surface area contributed by atoms with Crippen LogP contribution in [0.4, 0.5) is 11.6 Å². The maximum atomic E-state index is 12.9. The van der Waals surface area contributed by atoms with Gasteiger partial charge in [-0.3, -0.25) is 4.79 Å². The number of sulfonamides is 1. The van der Waals surface area contributed by atoms with E-state index in [-0.39, 0.29) is 22.1 Å². The lowest BCUT2D eigenvalue weighted by Crippen LogP contribution is -2.31. The van der Waals surface area contributed by atoms with Crippen LogP contribution in [-0.4, -0.2) is 57.2 Å². The summed E-state index contributed by atoms with van der Waals surface area (Å²) in [5.74, 6) is 6.23. The summed E-state index contributed by atoms with van der Waals surface area (Å²) >= 11 is 0. The first-order chi connectivity index (χ1) is 17.8. The Labute approximate surface area is 213 Å². The highest BCUT2D eigenvalue weighted by Gasteiger charge is 2.18. The highest BCUT2D eigenvalue weighted by Crippen LogP contribution is 2.23. The molecule has 0 unspecified atom stereocenters. The lowest BCUT2D eigenvalue weighted by molar-refractivity contribution is 0.102. The fraction of sp³-hybridized carbons (Fsp3) is 0.250. The van der Waals surface area contributed by atoms with Crippen LogP contribution in [0.2, 0.25) is 0 Å². The van der Waals surface area contributed by atoms with Gasteiger partial charge in [0.1, 0.15) is 16.5 Å². The zero-order chi connectivity index (χ0) is 26.0. The molecule has 4 aromatic rings. The molecule has 0 aromatic carbocycles. The first-order valence-corrected chi connectivity index (χ1v) is 13.1. The van der Waals surface area contributed by atoms with Gasteiger partial charge in [-0.2, -0.15) is 9.61 Å². The van der Waals surface area contributed by atoms with Crippen LogP contribution in [0.5, 0.6) is 0 Å². The topological polar surface area (TPSA) is 161 Å². The first-order valence-electron chi connectivity index (χ1n) is 11.5. The second kappa shape index (κ2) is 9.92. The van der Waals surface area contributed by atoms with Crippen LogP contribution >= 0.6 is 0 Å². The molecule has 3 N–H and O–H groups in total. The SMILES string of the molecule is Cc1cc(C(=O)Nc2cc(C#Cc3nnc4cccnn34)c(S(N)(=O)=O)cn2)cnc1N1CCCCC1. The van der Waals surface area contributed by atoms with Crippen molar-refractivity contribution in [3.05, 3.63) is 65.4 Å². The third-order valence-corrected chi connectivity index (χ3v) is 6.81. The Balaban J connectivity index is 1.42. The van der Waals surface area contributed by atoms with E-state index in [2.05, 4.69) is 47.3 Å². The quantitative estimate of drug-likeness (QED) is 0.382. The number of nitrogens with zero attached hydrogens (tertiary/aromatic N) is 7. The molecule has 0 saturated carbocycles. The number of carbonyl (C=O) groups is 1. The van der Waals surface area contributed by atoms with Gasteiger partial charge in [0.15, 0.2) is 5.65 Å². The van der Waals surface area contributed by atoms with Crippen molar-refractivity contribution in [3.8, 4) is 11.8 Å². The molecule has 12 nitrogen and oxygen atoms in total. The minimum Gasteiger partial charge on any atom is -0.356 e. The number of aryl methyl sites for hydroxylation is 1. The summed E-state index contributed by atoms with van der Waals surface area (Å²) in [4.78, 5) is 23.4. The van der Waals surface area contributed by atoms with Crippen LogP contribution in [0, 0.1) is 18.8 Å². The summed E-state index contributed by atoms with van der Waals surface area (Å²) in [6.07, 6.45) is 7.59. The Hall–Kier alpha value is -4.41. The normalized spacial score (nSPS) is 13.7. The molecule has 0 radical (unpaired) electrons. The van der Waals surface area contributed by atoms with Gasteiger partial charge in [0.2, 0.25) is 15.8 Å². The Kier molecular flexibility index (Phi) is 6.51. The van der Waals surface area contributed by atoms with Gasteiger partial charge in [0.25, 0.3) is 5.91 Å². The van der Waals surface area contributed by atoms with Gasteiger partial charge in [0, 0.05) is 25.5 Å². The number of nitrogens with two attached hydrogens (primary N) is 1. The monoisotopic (exact) mass is 517 g/mol. The molecule has 0 atom stereocenters. The van der Waals surface area contributed by atoms with Gasteiger partial charge in [-0.05, 0) is 61.9 Å². The van der Waals surface area contributed by atoms with E-state index in [1.165, 1.54) is 23.2 Å². The zero-order valence-electron chi connectivity index (χ0n) is 19.9. The number of piperidine rings is 1. The summed E-state index contributed by atoms with van der Waals surface area (Å²) in [7, 11) is -4.14. The van der Waals surface area contributed by atoms with E-state index in [4.69, 9.17) is 5.14 Å². The van der Waals surface area contributed by atoms with Crippen molar-refractivity contribution in [2.45, 2.75) is 31.1 Å². The van der Waals surface area contributed by atoms with Gasteiger partial charge in [-0.1, -0.05) is 5.92 Å². The Morgan fingerprint density at radius 1 is 1.08 bits per heavy atom. The molecule has 0 spiro atoms. The molecular weight excluding hydrogens is 494 g/mol. The summed E-state index contributed by atoms with van der Waals surface area (Å²) in [6, 6.07) is 6.52. The third kappa shape index (κ3) is 5.25. The van der Waals surface area contributed by atoms with Crippen LogP contribution < -0.4 is 15.4 Å². The number of nitrogens with one attached hydrogen (secondary N) is 1. The molecule has 4 aromatic heterocycles. The fourth-order valence-corrected chi connectivity index (χ4v) is 4.71. The Morgan fingerprint density at radius 3 is 2.65 bits per heavy atom. The third-order valence-electron chi connectivity index (χ3n) is 5.87. The number of rotatable bonds is 4. The van der Waals surface area contributed by atoms with Gasteiger partial charge in [0.05, 0.1) is 17.3 Å². The molecule has 0 bridgehead atoms.